The van der Waals surface area contributed by atoms with E-state index in [1.165, 1.54) is 0 Å². The number of nitrogens with zero attached hydrogens (tertiary/aromatic N) is 3. The molecule has 0 aromatic carbocycles. The van der Waals surface area contributed by atoms with Crippen molar-refractivity contribution in [2.24, 2.45) is 0 Å². The largest absolute Gasteiger partial charge is 0.365 e. The van der Waals surface area contributed by atoms with Gasteiger partial charge < -0.3 is 10.2 Å². The van der Waals surface area contributed by atoms with Crippen molar-refractivity contribution in [2.45, 2.75) is 32.7 Å². The summed E-state index contributed by atoms with van der Waals surface area (Å²) in [5, 5.41) is 3.36. The summed E-state index contributed by atoms with van der Waals surface area (Å²) in [6.07, 6.45) is 3.46. The first-order valence-electron chi connectivity index (χ1n) is 6.02. The van der Waals surface area contributed by atoms with Crippen LogP contribution in [0.3, 0.4) is 0 Å². The van der Waals surface area contributed by atoms with E-state index in [2.05, 4.69) is 22.2 Å². The third kappa shape index (κ3) is 2.93. The van der Waals surface area contributed by atoms with Crippen LogP contribution in [-0.4, -0.2) is 39.9 Å². The lowest BCUT2D eigenvalue weighted by Gasteiger charge is -2.15. The Bertz CT molecular complexity index is 407. The Labute approximate surface area is 101 Å². The van der Waals surface area contributed by atoms with Crippen molar-refractivity contribution in [1.29, 1.82) is 0 Å². The number of amides is 1. The number of hydrogen-bond acceptors (Lipinski definition) is 4. The minimum Gasteiger partial charge on any atom is -0.365 e. The number of aryl methyl sites for hydroxylation is 1. The molecule has 1 aliphatic heterocycles. The Morgan fingerprint density at radius 2 is 2.41 bits per heavy atom. The van der Waals surface area contributed by atoms with Crippen molar-refractivity contribution in [3.05, 3.63) is 18.1 Å². The van der Waals surface area contributed by atoms with Crippen LogP contribution in [0.15, 0.2) is 12.4 Å². The predicted molar refractivity (Wildman–Crippen MR) is 65.7 cm³/mol. The Morgan fingerprint density at radius 1 is 1.59 bits per heavy atom. The summed E-state index contributed by atoms with van der Waals surface area (Å²) in [7, 11) is 0. The summed E-state index contributed by atoms with van der Waals surface area (Å²) < 4.78 is 0. The van der Waals surface area contributed by atoms with Gasteiger partial charge in [0.15, 0.2) is 0 Å². The second-order valence-electron chi connectivity index (χ2n) is 4.34. The van der Waals surface area contributed by atoms with Crippen molar-refractivity contribution >= 4 is 11.7 Å². The molecule has 0 saturated carbocycles. The fourth-order valence-electron chi connectivity index (χ4n) is 2.04. The minimum atomic E-state index is 0.145. The lowest BCUT2D eigenvalue weighted by atomic mass is 10.2. The van der Waals surface area contributed by atoms with E-state index in [9.17, 15) is 4.79 Å². The van der Waals surface area contributed by atoms with Gasteiger partial charge in [-0.1, -0.05) is 6.92 Å². The van der Waals surface area contributed by atoms with E-state index in [1.54, 1.807) is 13.3 Å². The molecule has 1 saturated heterocycles. The van der Waals surface area contributed by atoms with E-state index in [1.807, 2.05) is 11.0 Å². The minimum absolute atomic E-state index is 0.145. The topological polar surface area (TPSA) is 58.1 Å². The Hall–Kier alpha value is -1.65. The Balaban J connectivity index is 1.95. The fourth-order valence-corrected chi connectivity index (χ4v) is 2.04. The molecule has 0 bridgehead atoms. The van der Waals surface area contributed by atoms with Crippen molar-refractivity contribution in [3.63, 3.8) is 0 Å². The van der Waals surface area contributed by atoms with Crippen LogP contribution in [0.4, 0.5) is 5.82 Å². The number of rotatable bonds is 3. The normalized spacial score (nSPS) is 19.4. The molecule has 1 N–H and O–H groups in total. The van der Waals surface area contributed by atoms with Crippen molar-refractivity contribution in [3.8, 4) is 0 Å². The molecule has 1 aromatic rings. The monoisotopic (exact) mass is 234 g/mol. The van der Waals surface area contributed by atoms with E-state index in [-0.39, 0.29) is 5.91 Å². The standard InChI is InChI=1S/C12H18N4O/c1-3-10-6-12(14-8-13-10)15-11-4-5-16(7-11)9(2)17/h6,8,11H,3-5,7H2,1-2H3,(H,13,14,15)/t11-/m1/s1. The molecule has 92 valence electrons. The molecule has 17 heavy (non-hydrogen) atoms. The zero-order valence-corrected chi connectivity index (χ0v) is 10.3. The van der Waals surface area contributed by atoms with Gasteiger partial charge >= 0.3 is 0 Å². The summed E-state index contributed by atoms with van der Waals surface area (Å²) in [6.45, 7) is 5.28. The maximum Gasteiger partial charge on any atom is 0.219 e. The van der Waals surface area contributed by atoms with Crippen LogP contribution < -0.4 is 5.32 Å². The number of aromatic nitrogens is 2. The fraction of sp³-hybridized carbons (Fsp3) is 0.583. The Kier molecular flexibility index (Phi) is 3.56. The number of hydrogen-bond donors (Lipinski definition) is 1. The number of likely N-dealkylation sites (tertiary alicyclic amines) is 1. The SMILES string of the molecule is CCc1cc(N[C@@H]2CCN(C(C)=O)C2)ncn1. The molecular formula is C12H18N4O. The smallest absolute Gasteiger partial charge is 0.219 e. The molecule has 0 radical (unpaired) electrons. The van der Waals surface area contributed by atoms with Gasteiger partial charge in [-0.15, -0.1) is 0 Å². The van der Waals surface area contributed by atoms with Gasteiger partial charge in [-0.25, -0.2) is 9.97 Å². The average Bonchev–Trinajstić information content (AvgIpc) is 2.78. The second kappa shape index (κ2) is 5.12. The van der Waals surface area contributed by atoms with Gasteiger partial charge in [0, 0.05) is 37.8 Å². The first-order valence-corrected chi connectivity index (χ1v) is 6.02. The van der Waals surface area contributed by atoms with Gasteiger partial charge in [0.2, 0.25) is 5.91 Å². The Morgan fingerprint density at radius 3 is 3.06 bits per heavy atom. The van der Waals surface area contributed by atoms with Crippen molar-refractivity contribution < 1.29 is 4.79 Å². The first-order chi connectivity index (χ1) is 8.19. The number of anilines is 1. The van der Waals surface area contributed by atoms with Crippen LogP contribution >= 0.6 is 0 Å². The van der Waals surface area contributed by atoms with Gasteiger partial charge in [0.05, 0.1) is 0 Å². The summed E-state index contributed by atoms with van der Waals surface area (Å²) in [5.74, 6) is 0.999. The van der Waals surface area contributed by atoms with Crippen LogP contribution in [0.5, 0.6) is 0 Å². The van der Waals surface area contributed by atoms with Gasteiger partial charge in [-0.2, -0.15) is 0 Å². The molecule has 0 unspecified atom stereocenters. The highest BCUT2D eigenvalue weighted by Gasteiger charge is 2.24. The van der Waals surface area contributed by atoms with E-state index >= 15 is 0 Å². The number of carbonyl (C=O) groups is 1. The molecule has 5 nitrogen and oxygen atoms in total. The third-order valence-electron chi connectivity index (χ3n) is 3.07. The van der Waals surface area contributed by atoms with E-state index in [0.29, 0.717) is 6.04 Å². The zero-order valence-electron chi connectivity index (χ0n) is 10.3. The number of carbonyl (C=O) groups excluding carboxylic acids is 1. The molecule has 5 heteroatoms. The molecule has 0 aliphatic carbocycles. The summed E-state index contributed by atoms with van der Waals surface area (Å²) in [5.41, 5.74) is 1.03. The zero-order chi connectivity index (χ0) is 12.3. The molecule has 0 spiro atoms. The summed E-state index contributed by atoms with van der Waals surface area (Å²) >= 11 is 0. The van der Waals surface area contributed by atoms with Gasteiger partial charge in [0.25, 0.3) is 0 Å². The maximum absolute atomic E-state index is 11.2. The van der Waals surface area contributed by atoms with Gasteiger partial charge in [-0.05, 0) is 12.8 Å². The van der Waals surface area contributed by atoms with Crippen molar-refractivity contribution in [2.75, 3.05) is 18.4 Å². The van der Waals surface area contributed by atoms with Gasteiger partial charge in [-0.3, -0.25) is 4.79 Å². The highest BCUT2D eigenvalue weighted by Crippen LogP contribution is 2.14. The van der Waals surface area contributed by atoms with Crippen molar-refractivity contribution in [1.82, 2.24) is 14.9 Å². The molecule has 1 fully saturated rings. The van der Waals surface area contributed by atoms with Crippen LogP contribution in [0, 0.1) is 0 Å². The van der Waals surface area contributed by atoms with Crippen LogP contribution in [0.25, 0.3) is 0 Å². The van der Waals surface area contributed by atoms with Crippen LogP contribution in [0.1, 0.15) is 26.0 Å². The molecule has 1 amide bonds. The first kappa shape index (κ1) is 11.8. The lowest BCUT2D eigenvalue weighted by Crippen LogP contribution is -2.29. The average molecular weight is 234 g/mol. The maximum atomic E-state index is 11.2. The van der Waals surface area contributed by atoms with E-state index in [0.717, 1.165) is 37.4 Å². The van der Waals surface area contributed by atoms with Gasteiger partial charge in [0.1, 0.15) is 12.1 Å². The highest BCUT2D eigenvalue weighted by atomic mass is 16.2. The highest BCUT2D eigenvalue weighted by molar-refractivity contribution is 5.73. The summed E-state index contributed by atoms with van der Waals surface area (Å²) in [6, 6.07) is 2.27. The lowest BCUT2D eigenvalue weighted by molar-refractivity contribution is -0.127. The number of nitrogens with one attached hydrogen (secondary N) is 1. The van der Waals surface area contributed by atoms with E-state index in [4.69, 9.17) is 0 Å². The second-order valence-corrected chi connectivity index (χ2v) is 4.34. The molecule has 2 heterocycles. The molecular weight excluding hydrogens is 216 g/mol. The molecule has 1 aliphatic rings. The molecule has 1 aromatic heterocycles. The molecule has 2 rings (SSSR count). The summed E-state index contributed by atoms with van der Waals surface area (Å²) in [4.78, 5) is 21.4. The quantitative estimate of drug-likeness (QED) is 0.850. The molecule has 1 atom stereocenters. The van der Waals surface area contributed by atoms with Crippen LogP contribution in [-0.2, 0) is 11.2 Å². The predicted octanol–water partition coefficient (Wildman–Crippen LogP) is 1.07. The van der Waals surface area contributed by atoms with E-state index < -0.39 is 0 Å². The third-order valence-corrected chi connectivity index (χ3v) is 3.07. The van der Waals surface area contributed by atoms with Crippen LogP contribution in [0.2, 0.25) is 0 Å².